The van der Waals surface area contributed by atoms with E-state index in [-0.39, 0.29) is 5.41 Å². The van der Waals surface area contributed by atoms with Crippen LogP contribution in [0.25, 0.3) is 33.4 Å². The number of hydrogen-bond donors (Lipinski definition) is 0. The first kappa shape index (κ1) is 15.7. The van der Waals surface area contributed by atoms with Gasteiger partial charge in [-0.1, -0.05) is 80.6 Å². The molecule has 0 saturated carbocycles. The summed E-state index contributed by atoms with van der Waals surface area (Å²) in [6, 6.07) is 30.3. The van der Waals surface area contributed by atoms with Crippen LogP contribution in [0.5, 0.6) is 11.5 Å². The van der Waals surface area contributed by atoms with Gasteiger partial charge in [0.05, 0.1) is 0 Å². The molecule has 1 aliphatic heterocycles. The van der Waals surface area contributed by atoms with Crippen molar-refractivity contribution in [1.29, 1.82) is 0 Å². The van der Waals surface area contributed by atoms with Gasteiger partial charge in [-0.25, -0.2) is 0 Å². The second kappa shape index (κ2) is 5.36. The third-order valence-corrected chi connectivity index (χ3v) is 6.30. The minimum absolute atomic E-state index is 0.0321. The van der Waals surface area contributed by atoms with Crippen LogP contribution >= 0.6 is 0 Å². The van der Waals surface area contributed by atoms with Crippen molar-refractivity contribution < 1.29 is 4.74 Å². The Morgan fingerprint density at radius 1 is 0.500 bits per heavy atom. The summed E-state index contributed by atoms with van der Waals surface area (Å²) in [7, 11) is 0. The molecule has 0 bridgehead atoms. The van der Waals surface area contributed by atoms with E-state index in [4.69, 9.17) is 4.74 Å². The third-order valence-electron chi connectivity index (χ3n) is 6.30. The van der Waals surface area contributed by atoms with Crippen molar-refractivity contribution in [2.45, 2.75) is 19.3 Å². The second-order valence-electron chi connectivity index (χ2n) is 8.21. The Morgan fingerprint density at radius 2 is 1.11 bits per heavy atom. The smallest absolute Gasteiger partial charge is 0.135 e. The summed E-state index contributed by atoms with van der Waals surface area (Å²) in [6.45, 7) is 4.62. The molecular formula is C27H20O. The molecule has 4 aromatic carbocycles. The minimum Gasteiger partial charge on any atom is -0.456 e. The Hall–Kier alpha value is -3.32. The summed E-state index contributed by atoms with van der Waals surface area (Å²) in [5.41, 5.74) is 10.1. The molecule has 0 saturated heterocycles. The van der Waals surface area contributed by atoms with Crippen molar-refractivity contribution >= 4 is 0 Å². The van der Waals surface area contributed by atoms with Crippen LogP contribution in [-0.4, -0.2) is 0 Å². The number of rotatable bonds is 0. The predicted octanol–water partition coefficient (Wildman–Crippen LogP) is 7.43. The van der Waals surface area contributed by atoms with Crippen LogP contribution in [0.3, 0.4) is 0 Å². The molecular weight excluding hydrogens is 340 g/mol. The standard InChI is InChI=1S/C27H20O/c1-27(2)23-13-7-5-11-19(23)21-15-22-18-10-4-3-9-17(18)20-12-6-8-14-25(20)28-26(22)16-24(21)27/h3-16H,1-2H3. The van der Waals surface area contributed by atoms with Crippen molar-refractivity contribution in [3.8, 4) is 44.9 Å². The van der Waals surface area contributed by atoms with Crippen molar-refractivity contribution in [3.63, 3.8) is 0 Å². The van der Waals surface area contributed by atoms with E-state index >= 15 is 0 Å². The first-order valence-electron chi connectivity index (χ1n) is 9.79. The highest BCUT2D eigenvalue weighted by Crippen LogP contribution is 2.54. The summed E-state index contributed by atoms with van der Waals surface area (Å²) >= 11 is 0. The highest BCUT2D eigenvalue weighted by Gasteiger charge is 2.37. The maximum atomic E-state index is 6.50. The summed E-state index contributed by atoms with van der Waals surface area (Å²) < 4.78 is 6.50. The van der Waals surface area contributed by atoms with E-state index in [1.54, 1.807) is 0 Å². The molecule has 0 atom stereocenters. The SMILES string of the molecule is CC1(C)c2ccccc2-c2cc3c(cc21)Oc1ccccc1-c1ccccc1-3. The lowest BCUT2D eigenvalue weighted by Crippen LogP contribution is -2.15. The lowest BCUT2D eigenvalue weighted by atomic mass is 9.82. The van der Waals surface area contributed by atoms with Crippen LogP contribution in [-0.2, 0) is 5.41 Å². The van der Waals surface area contributed by atoms with Gasteiger partial charge in [-0.15, -0.1) is 0 Å². The van der Waals surface area contributed by atoms with Gasteiger partial charge in [0, 0.05) is 16.5 Å². The zero-order valence-corrected chi connectivity index (χ0v) is 16.0. The zero-order chi connectivity index (χ0) is 18.9. The Labute approximate surface area is 165 Å². The molecule has 1 nitrogen and oxygen atoms in total. The van der Waals surface area contributed by atoms with Crippen LogP contribution in [0, 0.1) is 0 Å². The van der Waals surface area contributed by atoms with Gasteiger partial charge in [0.15, 0.2) is 0 Å². The third kappa shape index (κ3) is 1.96. The molecule has 0 amide bonds. The second-order valence-corrected chi connectivity index (χ2v) is 8.21. The van der Waals surface area contributed by atoms with Crippen LogP contribution in [0.1, 0.15) is 25.0 Å². The maximum Gasteiger partial charge on any atom is 0.135 e. The van der Waals surface area contributed by atoms with Gasteiger partial charge < -0.3 is 4.74 Å². The van der Waals surface area contributed by atoms with Crippen LogP contribution < -0.4 is 4.74 Å². The molecule has 0 N–H and O–H groups in total. The summed E-state index contributed by atoms with van der Waals surface area (Å²) in [4.78, 5) is 0. The fourth-order valence-electron chi connectivity index (χ4n) is 4.87. The molecule has 1 heteroatoms. The van der Waals surface area contributed by atoms with Crippen molar-refractivity contribution in [3.05, 3.63) is 96.1 Å². The van der Waals surface area contributed by atoms with Gasteiger partial charge >= 0.3 is 0 Å². The molecule has 6 rings (SSSR count). The molecule has 0 unspecified atom stereocenters. The number of hydrogen-bond acceptors (Lipinski definition) is 1. The van der Waals surface area contributed by atoms with E-state index in [1.165, 1.54) is 33.4 Å². The topological polar surface area (TPSA) is 9.23 Å². The molecule has 28 heavy (non-hydrogen) atoms. The Morgan fingerprint density at radius 3 is 1.89 bits per heavy atom. The van der Waals surface area contributed by atoms with Gasteiger partial charge in [-0.05, 0) is 51.6 Å². The Balaban J connectivity index is 1.70. The zero-order valence-electron chi connectivity index (χ0n) is 16.0. The molecule has 0 spiro atoms. The molecule has 4 aromatic rings. The minimum atomic E-state index is -0.0321. The quantitative estimate of drug-likeness (QED) is 0.279. The van der Waals surface area contributed by atoms with Gasteiger partial charge in [-0.2, -0.15) is 0 Å². The number of ether oxygens (including phenoxy) is 1. The molecule has 0 aromatic heterocycles. The normalized spacial score (nSPS) is 14.6. The lowest BCUT2D eigenvalue weighted by Gasteiger charge is -2.22. The highest BCUT2D eigenvalue weighted by molar-refractivity contribution is 5.94. The summed E-state index contributed by atoms with van der Waals surface area (Å²) in [6.07, 6.45) is 0. The van der Waals surface area contributed by atoms with Crippen LogP contribution in [0.15, 0.2) is 84.9 Å². The monoisotopic (exact) mass is 360 g/mol. The average Bonchev–Trinajstić information content (AvgIpc) is 2.86. The van der Waals surface area contributed by atoms with Crippen LogP contribution in [0.4, 0.5) is 0 Å². The highest BCUT2D eigenvalue weighted by atomic mass is 16.5. The van der Waals surface area contributed by atoms with Gasteiger partial charge in [-0.3, -0.25) is 0 Å². The van der Waals surface area contributed by atoms with E-state index in [2.05, 4.69) is 92.7 Å². The number of fused-ring (bicyclic) bond motifs is 8. The lowest BCUT2D eigenvalue weighted by molar-refractivity contribution is 0.485. The summed E-state index contributed by atoms with van der Waals surface area (Å²) in [5, 5.41) is 0. The molecule has 1 aliphatic carbocycles. The molecule has 2 aliphatic rings. The van der Waals surface area contributed by atoms with Gasteiger partial charge in [0.25, 0.3) is 0 Å². The molecule has 0 fully saturated rings. The van der Waals surface area contributed by atoms with Crippen LogP contribution in [0.2, 0.25) is 0 Å². The van der Waals surface area contributed by atoms with E-state index in [1.807, 2.05) is 6.07 Å². The summed E-state index contributed by atoms with van der Waals surface area (Å²) in [5.74, 6) is 1.86. The van der Waals surface area contributed by atoms with Crippen molar-refractivity contribution in [2.24, 2.45) is 0 Å². The average molecular weight is 360 g/mol. The fourth-order valence-corrected chi connectivity index (χ4v) is 4.87. The first-order chi connectivity index (χ1) is 13.6. The van der Waals surface area contributed by atoms with E-state index < -0.39 is 0 Å². The van der Waals surface area contributed by atoms with Gasteiger partial charge in [0.2, 0.25) is 0 Å². The maximum absolute atomic E-state index is 6.50. The Bertz CT molecular complexity index is 1260. The van der Waals surface area contributed by atoms with Crippen molar-refractivity contribution in [2.75, 3.05) is 0 Å². The van der Waals surface area contributed by atoms with Gasteiger partial charge in [0.1, 0.15) is 11.5 Å². The molecule has 0 radical (unpaired) electrons. The number of para-hydroxylation sites is 1. The van der Waals surface area contributed by atoms with E-state index in [0.717, 1.165) is 22.6 Å². The van der Waals surface area contributed by atoms with Crippen molar-refractivity contribution in [1.82, 2.24) is 0 Å². The first-order valence-corrected chi connectivity index (χ1v) is 9.79. The predicted molar refractivity (Wildman–Crippen MR) is 115 cm³/mol. The Kier molecular flexibility index (Phi) is 3.01. The molecule has 1 heterocycles. The largest absolute Gasteiger partial charge is 0.456 e. The van der Waals surface area contributed by atoms with E-state index in [0.29, 0.717) is 0 Å². The number of benzene rings is 4. The molecule has 134 valence electrons. The van der Waals surface area contributed by atoms with E-state index in [9.17, 15) is 0 Å². The fraction of sp³-hybridized carbons (Fsp3) is 0.111.